The number of benzene rings is 2. The van der Waals surface area contributed by atoms with Crippen LogP contribution in [0.4, 0.5) is 0 Å². The standard InChI is InChI=1S/C18H19NO5S/c1-13-3-5-15(6-4-13)25(21,22)19-8-7-16-17(19)9-14(11-20)10-18(16)24-12-23-2/h3-10,20H,11-12H2,1-2H3. The van der Waals surface area contributed by atoms with Gasteiger partial charge in [0.05, 0.1) is 17.0 Å². The predicted molar refractivity (Wildman–Crippen MR) is 94.1 cm³/mol. The molecule has 25 heavy (non-hydrogen) atoms. The number of ether oxygens (including phenoxy) is 2. The molecule has 0 saturated heterocycles. The fourth-order valence-corrected chi connectivity index (χ4v) is 3.94. The lowest BCUT2D eigenvalue weighted by Crippen LogP contribution is -2.12. The highest BCUT2D eigenvalue weighted by atomic mass is 32.2. The third-order valence-corrected chi connectivity index (χ3v) is 5.59. The van der Waals surface area contributed by atoms with Crippen molar-refractivity contribution in [2.24, 2.45) is 0 Å². The van der Waals surface area contributed by atoms with Crippen molar-refractivity contribution >= 4 is 20.9 Å². The molecule has 0 atom stereocenters. The molecule has 3 aromatic rings. The summed E-state index contributed by atoms with van der Waals surface area (Å²) in [6.07, 6.45) is 1.49. The first-order valence-corrected chi connectivity index (χ1v) is 9.10. The van der Waals surface area contributed by atoms with E-state index in [2.05, 4.69) is 0 Å². The van der Waals surface area contributed by atoms with Crippen molar-refractivity contribution in [2.45, 2.75) is 18.4 Å². The maximum Gasteiger partial charge on any atom is 0.268 e. The third-order valence-electron chi connectivity index (χ3n) is 3.89. The van der Waals surface area contributed by atoms with Crippen LogP contribution in [0.2, 0.25) is 0 Å². The molecule has 7 heteroatoms. The van der Waals surface area contributed by atoms with E-state index in [9.17, 15) is 13.5 Å². The summed E-state index contributed by atoms with van der Waals surface area (Å²) < 4.78 is 37.6. The highest BCUT2D eigenvalue weighted by Gasteiger charge is 2.20. The number of fused-ring (bicyclic) bond motifs is 1. The number of hydrogen-bond acceptors (Lipinski definition) is 5. The second-order valence-corrected chi connectivity index (χ2v) is 7.48. The van der Waals surface area contributed by atoms with Crippen LogP contribution in [0.25, 0.3) is 10.9 Å². The van der Waals surface area contributed by atoms with Crippen LogP contribution >= 0.6 is 0 Å². The zero-order chi connectivity index (χ0) is 18.0. The Hall–Kier alpha value is -2.35. The molecule has 0 aliphatic heterocycles. The lowest BCUT2D eigenvalue weighted by molar-refractivity contribution is 0.0521. The number of aromatic nitrogens is 1. The minimum Gasteiger partial charge on any atom is -0.467 e. The molecule has 0 fully saturated rings. The topological polar surface area (TPSA) is 77.8 Å². The van der Waals surface area contributed by atoms with Crippen LogP contribution in [0.1, 0.15) is 11.1 Å². The number of aliphatic hydroxyl groups excluding tert-OH is 1. The molecule has 0 spiro atoms. The molecule has 0 radical (unpaired) electrons. The van der Waals surface area contributed by atoms with Crippen LogP contribution in [-0.2, 0) is 21.4 Å². The molecular formula is C18H19NO5S. The monoisotopic (exact) mass is 361 g/mol. The van der Waals surface area contributed by atoms with E-state index < -0.39 is 10.0 Å². The molecule has 0 aliphatic rings. The van der Waals surface area contributed by atoms with E-state index in [4.69, 9.17) is 9.47 Å². The van der Waals surface area contributed by atoms with Gasteiger partial charge in [-0.3, -0.25) is 0 Å². The summed E-state index contributed by atoms with van der Waals surface area (Å²) in [7, 11) is -2.25. The van der Waals surface area contributed by atoms with Crippen LogP contribution in [0.3, 0.4) is 0 Å². The molecule has 0 bridgehead atoms. The minimum atomic E-state index is -3.75. The van der Waals surface area contributed by atoms with E-state index in [1.807, 2.05) is 6.92 Å². The zero-order valence-electron chi connectivity index (χ0n) is 14.0. The Balaban J connectivity index is 2.18. The molecule has 3 rings (SSSR count). The Morgan fingerprint density at radius 3 is 2.48 bits per heavy atom. The second kappa shape index (κ2) is 6.87. The highest BCUT2D eigenvalue weighted by molar-refractivity contribution is 7.90. The fraction of sp³-hybridized carbons (Fsp3) is 0.222. The normalized spacial score (nSPS) is 11.8. The summed E-state index contributed by atoms with van der Waals surface area (Å²) in [5.41, 5.74) is 1.98. The average molecular weight is 361 g/mol. The number of rotatable bonds is 6. The smallest absolute Gasteiger partial charge is 0.268 e. The lowest BCUT2D eigenvalue weighted by Gasteiger charge is -2.11. The molecule has 2 aromatic carbocycles. The average Bonchev–Trinajstić information content (AvgIpc) is 3.04. The fourth-order valence-electron chi connectivity index (χ4n) is 2.61. The van der Waals surface area contributed by atoms with Crippen LogP contribution < -0.4 is 4.74 Å². The van der Waals surface area contributed by atoms with Gasteiger partial charge in [0.2, 0.25) is 0 Å². The van der Waals surface area contributed by atoms with Crippen molar-refractivity contribution in [3.8, 4) is 5.75 Å². The number of aryl methyl sites for hydroxylation is 1. The van der Waals surface area contributed by atoms with Gasteiger partial charge in [0.25, 0.3) is 10.0 Å². The van der Waals surface area contributed by atoms with Crippen LogP contribution in [0.15, 0.2) is 53.6 Å². The molecular weight excluding hydrogens is 342 g/mol. The van der Waals surface area contributed by atoms with Gasteiger partial charge >= 0.3 is 0 Å². The Morgan fingerprint density at radius 2 is 1.84 bits per heavy atom. The van der Waals surface area contributed by atoms with Crippen LogP contribution in [-0.4, -0.2) is 31.4 Å². The summed E-state index contributed by atoms with van der Waals surface area (Å²) in [4.78, 5) is 0.198. The third kappa shape index (κ3) is 3.26. The maximum absolute atomic E-state index is 13.0. The van der Waals surface area contributed by atoms with Crippen molar-refractivity contribution < 1.29 is 23.0 Å². The van der Waals surface area contributed by atoms with Crippen molar-refractivity contribution in [1.29, 1.82) is 0 Å². The van der Waals surface area contributed by atoms with Crippen molar-refractivity contribution in [3.63, 3.8) is 0 Å². The number of nitrogens with zero attached hydrogens (tertiary/aromatic N) is 1. The van der Waals surface area contributed by atoms with E-state index in [0.29, 0.717) is 22.2 Å². The largest absolute Gasteiger partial charge is 0.467 e. The van der Waals surface area contributed by atoms with Gasteiger partial charge in [0, 0.05) is 18.7 Å². The van der Waals surface area contributed by atoms with Gasteiger partial charge in [0.1, 0.15) is 5.75 Å². The number of aliphatic hydroxyl groups is 1. The summed E-state index contributed by atoms with van der Waals surface area (Å²) in [5, 5.41) is 10.1. The van der Waals surface area contributed by atoms with Gasteiger partial charge < -0.3 is 14.6 Å². The molecule has 0 saturated carbocycles. The van der Waals surface area contributed by atoms with Gasteiger partial charge in [-0.05, 0) is 42.8 Å². The maximum atomic E-state index is 13.0. The van der Waals surface area contributed by atoms with Crippen LogP contribution in [0, 0.1) is 6.92 Å². The molecule has 0 unspecified atom stereocenters. The van der Waals surface area contributed by atoms with E-state index in [-0.39, 0.29) is 18.3 Å². The molecule has 6 nitrogen and oxygen atoms in total. The van der Waals surface area contributed by atoms with Gasteiger partial charge in [-0.2, -0.15) is 0 Å². The van der Waals surface area contributed by atoms with Gasteiger partial charge in [0.15, 0.2) is 6.79 Å². The second-order valence-electron chi connectivity index (χ2n) is 5.67. The minimum absolute atomic E-state index is 0.0277. The SMILES string of the molecule is COCOc1cc(CO)cc2c1ccn2S(=O)(=O)c1ccc(C)cc1. The van der Waals surface area contributed by atoms with E-state index in [0.717, 1.165) is 5.56 Å². The van der Waals surface area contributed by atoms with E-state index in [1.165, 1.54) is 17.3 Å². The van der Waals surface area contributed by atoms with Crippen molar-refractivity contribution in [3.05, 3.63) is 59.8 Å². The first-order valence-electron chi connectivity index (χ1n) is 7.66. The zero-order valence-corrected chi connectivity index (χ0v) is 14.8. The lowest BCUT2D eigenvalue weighted by atomic mass is 10.1. The first kappa shape index (κ1) is 17.5. The molecule has 0 aliphatic carbocycles. The van der Waals surface area contributed by atoms with Crippen molar-refractivity contribution in [1.82, 2.24) is 3.97 Å². The molecule has 1 heterocycles. The number of hydrogen-bond donors (Lipinski definition) is 1. The Morgan fingerprint density at radius 1 is 1.12 bits per heavy atom. The highest BCUT2D eigenvalue weighted by Crippen LogP contribution is 2.31. The first-order chi connectivity index (χ1) is 12.0. The van der Waals surface area contributed by atoms with Crippen LogP contribution in [0.5, 0.6) is 5.75 Å². The molecule has 0 amide bonds. The molecule has 1 aromatic heterocycles. The summed E-state index contributed by atoms with van der Waals surface area (Å²) >= 11 is 0. The van der Waals surface area contributed by atoms with E-state index in [1.54, 1.807) is 42.5 Å². The molecule has 1 N–H and O–H groups in total. The van der Waals surface area contributed by atoms with Gasteiger partial charge in [-0.25, -0.2) is 12.4 Å². The van der Waals surface area contributed by atoms with Gasteiger partial charge in [-0.15, -0.1) is 0 Å². The quantitative estimate of drug-likeness (QED) is 0.683. The van der Waals surface area contributed by atoms with E-state index >= 15 is 0 Å². The number of methoxy groups -OCH3 is 1. The van der Waals surface area contributed by atoms with Gasteiger partial charge in [-0.1, -0.05) is 17.7 Å². The Labute approximate surface area is 146 Å². The summed E-state index contributed by atoms with van der Waals surface area (Å²) in [5.74, 6) is 0.459. The predicted octanol–water partition coefficient (Wildman–Crippen LogP) is 2.66. The summed E-state index contributed by atoms with van der Waals surface area (Å²) in [6, 6.07) is 11.7. The molecule has 132 valence electrons. The Bertz CT molecular complexity index is 990. The summed E-state index contributed by atoms with van der Waals surface area (Å²) in [6.45, 7) is 1.70. The Kier molecular flexibility index (Phi) is 4.80. The van der Waals surface area contributed by atoms with Crippen molar-refractivity contribution in [2.75, 3.05) is 13.9 Å².